The Balaban J connectivity index is 2.28. The summed E-state index contributed by atoms with van der Waals surface area (Å²) in [7, 11) is 0. The Kier molecular flexibility index (Phi) is 4.35. The average molecular weight is 201 g/mol. The summed E-state index contributed by atoms with van der Waals surface area (Å²) >= 11 is 0. The molecule has 1 rings (SSSR count). The smallest absolute Gasteiger partial charge is 0.248 e. The van der Waals surface area contributed by atoms with Crippen LogP contribution in [0.1, 0.15) is 33.6 Å². The Morgan fingerprint density at radius 2 is 2.21 bits per heavy atom. The molecule has 0 aromatic rings. The summed E-state index contributed by atoms with van der Waals surface area (Å²) in [6.45, 7) is 6.39. The summed E-state index contributed by atoms with van der Waals surface area (Å²) in [4.78, 5) is 16.5. The van der Waals surface area contributed by atoms with Crippen LogP contribution in [-0.2, 0) is 14.4 Å². The van der Waals surface area contributed by atoms with Crippen LogP contribution in [0.15, 0.2) is 0 Å². The topological polar surface area (TPSA) is 47.6 Å². The van der Waals surface area contributed by atoms with Crippen LogP contribution in [0.4, 0.5) is 0 Å². The van der Waals surface area contributed by atoms with E-state index in [4.69, 9.17) is 9.57 Å². The van der Waals surface area contributed by atoms with Crippen molar-refractivity contribution in [2.45, 2.75) is 45.8 Å². The van der Waals surface area contributed by atoms with Crippen molar-refractivity contribution in [3.63, 3.8) is 0 Å². The first-order chi connectivity index (χ1) is 6.61. The monoisotopic (exact) mass is 201 g/mol. The molecule has 2 unspecified atom stereocenters. The third-order valence-corrected chi connectivity index (χ3v) is 2.33. The number of nitrogens with one attached hydrogen (secondary N) is 1. The summed E-state index contributed by atoms with van der Waals surface area (Å²) in [5, 5.41) is 0. The molecule has 0 aromatic heterocycles. The van der Waals surface area contributed by atoms with Gasteiger partial charge in [0.15, 0.2) is 0 Å². The molecule has 0 aromatic carbocycles. The number of hydrogen-bond acceptors (Lipinski definition) is 3. The highest BCUT2D eigenvalue weighted by Gasteiger charge is 2.27. The van der Waals surface area contributed by atoms with Crippen LogP contribution in [0.2, 0.25) is 0 Å². The van der Waals surface area contributed by atoms with Gasteiger partial charge in [0, 0.05) is 6.61 Å². The molecule has 1 aliphatic rings. The Bertz CT molecular complexity index is 188. The van der Waals surface area contributed by atoms with Gasteiger partial charge in [-0.15, -0.1) is 0 Å². The van der Waals surface area contributed by atoms with Crippen molar-refractivity contribution in [1.82, 2.24) is 5.48 Å². The molecule has 1 amide bonds. The largest absolute Gasteiger partial charge is 0.377 e. The Hall–Kier alpha value is -0.610. The summed E-state index contributed by atoms with van der Waals surface area (Å²) in [6.07, 6.45) is 2.09. The molecule has 4 nitrogen and oxygen atoms in total. The molecule has 1 fully saturated rings. The number of hydroxylamine groups is 1. The van der Waals surface area contributed by atoms with Crippen molar-refractivity contribution in [3.05, 3.63) is 0 Å². The van der Waals surface area contributed by atoms with Crippen molar-refractivity contribution >= 4 is 5.91 Å². The zero-order valence-electron chi connectivity index (χ0n) is 9.08. The Morgan fingerprint density at radius 1 is 1.50 bits per heavy atom. The van der Waals surface area contributed by atoms with E-state index in [-0.39, 0.29) is 24.0 Å². The van der Waals surface area contributed by atoms with Gasteiger partial charge >= 0.3 is 0 Å². The minimum absolute atomic E-state index is 0.00986. The molecule has 1 saturated heterocycles. The molecule has 0 saturated carbocycles. The summed E-state index contributed by atoms with van der Waals surface area (Å²) in [5.41, 5.74) is 2.44. The van der Waals surface area contributed by atoms with Crippen LogP contribution in [0, 0.1) is 5.92 Å². The van der Waals surface area contributed by atoms with E-state index in [1.165, 1.54) is 0 Å². The van der Waals surface area contributed by atoms with Gasteiger partial charge in [0.2, 0.25) is 5.91 Å². The van der Waals surface area contributed by atoms with E-state index in [1.54, 1.807) is 0 Å². The standard InChI is InChI=1S/C10H19NO3/c1-7(2)14-11-10(12)8(3)9-5-4-6-13-9/h7-9H,4-6H2,1-3H3,(H,11,12). The zero-order chi connectivity index (χ0) is 10.6. The molecular weight excluding hydrogens is 182 g/mol. The normalized spacial score (nSPS) is 23.9. The lowest BCUT2D eigenvalue weighted by Gasteiger charge is -2.18. The van der Waals surface area contributed by atoms with Crippen LogP contribution < -0.4 is 5.48 Å². The van der Waals surface area contributed by atoms with Crippen LogP contribution in [-0.4, -0.2) is 24.7 Å². The maximum Gasteiger partial charge on any atom is 0.248 e. The molecule has 14 heavy (non-hydrogen) atoms. The molecule has 0 aliphatic carbocycles. The molecule has 0 bridgehead atoms. The van der Waals surface area contributed by atoms with Crippen LogP contribution in [0.25, 0.3) is 0 Å². The first-order valence-electron chi connectivity index (χ1n) is 5.18. The predicted octanol–water partition coefficient (Wildman–Crippen LogP) is 1.26. The molecule has 2 atom stereocenters. The number of amides is 1. The van der Waals surface area contributed by atoms with E-state index in [1.807, 2.05) is 20.8 Å². The van der Waals surface area contributed by atoms with Crippen molar-refractivity contribution in [2.75, 3.05) is 6.61 Å². The van der Waals surface area contributed by atoms with Crippen LogP contribution in [0.3, 0.4) is 0 Å². The average Bonchev–Trinajstić information content (AvgIpc) is 2.65. The molecule has 1 aliphatic heterocycles. The lowest BCUT2D eigenvalue weighted by atomic mass is 10.0. The van der Waals surface area contributed by atoms with E-state index in [2.05, 4.69) is 5.48 Å². The lowest BCUT2D eigenvalue weighted by molar-refractivity contribution is -0.144. The first kappa shape index (κ1) is 11.5. The van der Waals surface area contributed by atoms with Crippen LogP contribution >= 0.6 is 0 Å². The lowest BCUT2D eigenvalue weighted by Crippen LogP contribution is -2.37. The highest BCUT2D eigenvalue weighted by Crippen LogP contribution is 2.20. The Morgan fingerprint density at radius 3 is 2.71 bits per heavy atom. The highest BCUT2D eigenvalue weighted by molar-refractivity contribution is 5.77. The maximum absolute atomic E-state index is 11.5. The predicted molar refractivity (Wildman–Crippen MR) is 52.5 cm³/mol. The fourth-order valence-corrected chi connectivity index (χ4v) is 1.43. The van der Waals surface area contributed by atoms with Gasteiger partial charge in [0.05, 0.1) is 18.1 Å². The van der Waals surface area contributed by atoms with E-state index < -0.39 is 0 Å². The number of carbonyl (C=O) groups excluding carboxylic acids is 1. The van der Waals surface area contributed by atoms with Crippen molar-refractivity contribution in [2.24, 2.45) is 5.92 Å². The molecular formula is C10H19NO3. The van der Waals surface area contributed by atoms with Gasteiger partial charge in [-0.25, -0.2) is 5.48 Å². The molecule has 0 spiro atoms. The van der Waals surface area contributed by atoms with Gasteiger partial charge in [-0.2, -0.15) is 0 Å². The minimum Gasteiger partial charge on any atom is -0.377 e. The van der Waals surface area contributed by atoms with Gasteiger partial charge in [0.25, 0.3) is 0 Å². The number of carbonyl (C=O) groups is 1. The third-order valence-electron chi connectivity index (χ3n) is 2.33. The second-order valence-electron chi connectivity index (χ2n) is 3.97. The van der Waals surface area contributed by atoms with Crippen molar-refractivity contribution in [3.8, 4) is 0 Å². The van der Waals surface area contributed by atoms with Gasteiger partial charge in [-0.3, -0.25) is 9.63 Å². The van der Waals surface area contributed by atoms with E-state index in [9.17, 15) is 4.79 Å². The SMILES string of the molecule is CC(C)ONC(=O)C(C)C1CCCO1. The summed E-state index contributed by atoms with van der Waals surface area (Å²) in [5.74, 6) is -0.221. The quantitative estimate of drug-likeness (QED) is 0.696. The van der Waals surface area contributed by atoms with Crippen molar-refractivity contribution < 1.29 is 14.4 Å². The fraction of sp³-hybridized carbons (Fsp3) is 0.900. The fourth-order valence-electron chi connectivity index (χ4n) is 1.43. The van der Waals surface area contributed by atoms with E-state index in [0.717, 1.165) is 19.4 Å². The van der Waals surface area contributed by atoms with E-state index >= 15 is 0 Å². The highest BCUT2D eigenvalue weighted by atomic mass is 16.7. The third kappa shape index (κ3) is 3.27. The Labute approximate surface area is 84.9 Å². The van der Waals surface area contributed by atoms with E-state index in [0.29, 0.717) is 0 Å². The molecule has 4 heteroatoms. The number of ether oxygens (including phenoxy) is 1. The van der Waals surface area contributed by atoms with Gasteiger partial charge in [-0.05, 0) is 26.7 Å². The number of rotatable bonds is 4. The second-order valence-corrected chi connectivity index (χ2v) is 3.97. The molecule has 82 valence electrons. The van der Waals surface area contributed by atoms with Gasteiger partial charge < -0.3 is 4.74 Å². The maximum atomic E-state index is 11.5. The summed E-state index contributed by atoms with van der Waals surface area (Å²) in [6, 6.07) is 0. The first-order valence-corrected chi connectivity index (χ1v) is 5.18. The zero-order valence-corrected chi connectivity index (χ0v) is 9.08. The minimum atomic E-state index is -0.128. The van der Waals surface area contributed by atoms with Gasteiger partial charge in [-0.1, -0.05) is 6.92 Å². The summed E-state index contributed by atoms with van der Waals surface area (Å²) < 4.78 is 5.43. The second kappa shape index (κ2) is 5.32. The molecule has 1 N–H and O–H groups in total. The van der Waals surface area contributed by atoms with Crippen LogP contribution in [0.5, 0.6) is 0 Å². The molecule has 1 heterocycles. The number of hydrogen-bond donors (Lipinski definition) is 1. The molecule has 0 radical (unpaired) electrons. The van der Waals surface area contributed by atoms with Gasteiger partial charge in [0.1, 0.15) is 0 Å². The van der Waals surface area contributed by atoms with Crippen molar-refractivity contribution in [1.29, 1.82) is 0 Å².